The Morgan fingerprint density at radius 2 is 1.36 bits per heavy atom. The maximum absolute atomic E-state index is 12.3. The molecule has 0 aliphatic carbocycles. The van der Waals surface area contributed by atoms with Gasteiger partial charge in [-0.1, -0.05) is 23.7 Å². The number of hydrogen-bond donors (Lipinski definition) is 2. The first-order chi connectivity index (χ1) is 12.1. The number of amides is 2. The predicted octanol–water partition coefficient (Wildman–Crippen LogP) is 4.24. The molecule has 6 heteroatoms. The largest absolute Gasteiger partial charge is 0.322 e. The molecule has 1 aromatic heterocycles. The average Bonchev–Trinajstić information content (AvgIpc) is 2.63. The van der Waals surface area contributed by atoms with E-state index in [0.717, 1.165) is 0 Å². The van der Waals surface area contributed by atoms with E-state index in [2.05, 4.69) is 15.6 Å². The minimum atomic E-state index is -0.278. The van der Waals surface area contributed by atoms with Crippen LogP contribution >= 0.6 is 11.6 Å². The highest BCUT2D eigenvalue weighted by Gasteiger charge is 2.09. The van der Waals surface area contributed by atoms with Crippen molar-refractivity contribution in [1.29, 1.82) is 0 Å². The molecule has 1 heterocycles. The minimum absolute atomic E-state index is 0.249. The SMILES string of the molecule is O=C(Nc1cccc(NC(=O)c2cccc(Cl)c2)c1)c1ccncc1. The minimum Gasteiger partial charge on any atom is -0.322 e. The Balaban J connectivity index is 1.71. The lowest BCUT2D eigenvalue weighted by Crippen LogP contribution is -2.14. The van der Waals surface area contributed by atoms with Gasteiger partial charge in [-0.25, -0.2) is 0 Å². The van der Waals surface area contributed by atoms with Crippen LogP contribution in [0.1, 0.15) is 20.7 Å². The van der Waals surface area contributed by atoms with Crippen molar-refractivity contribution in [2.45, 2.75) is 0 Å². The molecule has 25 heavy (non-hydrogen) atoms. The van der Waals surface area contributed by atoms with E-state index in [0.29, 0.717) is 27.5 Å². The Bertz CT molecular complexity index is 913. The molecule has 0 atom stereocenters. The first kappa shape index (κ1) is 16.7. The molecule has 3 rings (SSSR count). The standard InChI is InChI=1S/C19H14ClN3O2/c20-15-4-1-3-14(11-15)19(25)23-17-6-2-5-16(12-17)22-18(24)13-7-9-21-10-8-13/h1-12H,(H,22,24)(H,23,25). The molecule has 0 aliphatic heterocycles. The number of aromatic nitrogens is 1. The molecule has 0 radical (unpaired) electrons. The van der Waals surface area contributed by atoms with E-state index in [1.807, 2.05) is 0 Å². The van der Waals surface area contributed by atoms with Crippen LogP contribution in [0.4, 0.5) is 11.4 Å². The maximum atomic E-state index is 12.3. The molecule has 2 aromatic carbocycles. The summed E-state index contributed by atoms with van der Waals surface area (Å²) in [5.74, 6) is -0.527. The lowest BCUT2D eigenvalue weighted by atomic mass is 10.2. The number of halogens is 1. The summed E-state index contributed by atoms with van der Waals surface area (Å²) in [6.07, 6.45) is 3.10. The molecule has 5 nitrogen and oxygen atoms in total. The second-order valence-corrected chi connectivity index (χ2v) is 5.67. The topological polar surface area (TPSA) is 71.1 Å². The van der Waals surface area contributed by atoms with Gasteiger partial charge in [-0.15, -0.1) is 0 Å². The fourth-order valence-corrected chi connectivity index (χ4v) is 2.40. The fraction of sp³-hybridized carbons (Fsp3) is 0. The van der Waals surface area contributed by atoms with Crippen molar-refractivity contribution in [2.24, 2.45) is 0 Å². The van der Waals surface area contributed by atoms with Gasteiger partial charge in [-0.3, -0.25) is 14.6 Å². The van der Waals surface area contributed by atoms with Crippen LogP contribution in [0.3, 0.4) is 0 Å². The first-order valence-electron chi connectivity index (χ1n) is 7.50. The molecule has 2 amide bonds. The van der Waals surface area contributed by atoms with Crippen LogP contribution in [0.2, 0.25) is 5.02 Å². The summed E-state index contributed by atoms with van der Waals surface area (Å²) >= 11 is 5.90. The van der Waals surface area contributed by atoms with Crippen LogP contribution in [-0.4, -0.2) is 16.8 Å². The van der Waals surface area contributed by atoms with Gasteiger partial charge in [0.1, 0.15) is 0 Å². The van der Waals surface area contributed by atoms with Gasteiger partial charge >= 0.3 is 0 Å². The Labute approximate surface area is 149 Å². The molecular weight excluding hydrogens is 338 g/mol. The predicted molar refractivity (Wildman–Crippen MR) is 98.0 cm³/mol. The Kier molecular flexibility index (Phi) is 5.06. The van der Waals surface area contributed by atoms with Crippen molar-refractivity contribution in [2.75, 3.05) is 10.6 Å². The third-order valence-electron chi connectivity index (χ3n) is 3.41. The Morgan fingerprint density at radius 3 is 2.00 bits per heavy atom. The number of benzene rings is 2. The van der Waals surface area contributed by atoms with Crippen molar-refractivity contribution < 1.29 is 9.59 Å². The summed E-state index contributed by atoms with van der Waals surface area (Å²) in [5, 5.41) is 6.05. The molecule has 2 N–H and O–H groups in total. The molecular formula is C19H14ClN3O2. The van der Waals surface area contributed by atoms with Crippen LogP contribution in [0.5, 0.6) is 0 Å². The van der Waals surface area contributed by atoms with Crippen LogP contribution in [-0.2, 0) is 0 Å². The zero-order chi connectivity index (χ0) is 17.6. The molecule has 0 unspecified atom stereocenters. The summed E-state index contributed by atoms with van der Waals surface area (Å²) in [7, 11) is 0. The number of hydrogen-bond acceptors (Lipinski definition) is 3. The van der Waals surface area contributed by atoms with Gasteiger partial charge in [0, 0.05) is 39.9 Å². The monoisotopic (exact) mass is 351 g/mol. The number of rotatable bonds is 4. The average molecular weight is 352 g/mol. The third kappa shape index (κ3) is 4.43. The summed E-state index contributed by atoms with van der Waals surface area (Å²) in [4.78, 5) is 28.3. The lowest BCUT2D eigenvalue weighted by molar-refractivity contribution is 0.101. The van der Waals surface area contributed by atoms with Crippen molar-refractivity contribution in [3.05, 3.63) is 89.2 Å². The normalized spacial score (nSPS) is 10.1. The molecule has 0 fully saturated rings. The second-order valence-electron chi connectivity index (χ2n) is 5.24. The van der Waals surface area contributed by atoms with E-state index in [1.54, 1.807) is 73.1 Å². The highest BCUT2D eigenvalue weighted by Crippen LogP contribution is 2.18. The Morgan fingerprint density at radius 1 is 0.760 bits per heavy atom. The van der Waals surface area contributed by atoms with Gasteiger partial charge in [0.15, 0.2) is 0 Å². The van der Waals surface area contributed by atoms with Crippen LogP contribution in [0.15, 0.2) is 73.1 Å². The molecule has 3 aromatic rings. The van der Waals surface area contributed by atoms with Crippen LogP contribution in [0, 0.1) is 0 Å². The zero-order valence-electron chi connectivity index (χ0n) is 13.1. The van der Waals surface area contributed by atoms with E-state index >= 15 is 0 Å². The summed E-state index contributed by atoms with van der Waals surface area (Å²) in [6, 6.07) is 16.8. The van der Waals surface area contributed by atoms with Gasteiger partial charge in [0.25, 0.3) is 11.8 Å². The van der Waals surface area contributed by atoms with E-state index in [4.69, 9.17) is 11.6 Å². The number of carbonyl (C=O) groups is 2. The van der Waals surface area contributed by atoms with E-state index in [1.165, 1.54) is 0 Å². The summed E-state index contributed by atoms with van der Waals surface area (Å²) in [6.45, 7) is 0. The van der Waals surface area contributed by atoms with Crippen LogP contribution in [0.25, 0.3) is 0 Å². The van der Waals surface area contributed by atoms with Crippen LogP contribution < -0.4 is 10.6 Å². The van der Waals surface area contributed by atoms with Crippen molar-refractivity contribution in [1.82, 2.24) is 4.98 Å². The van der Waals surface area contributed by atoms with E-state index < -0.39 is 0 Å². The first-order valence-corrected chi connectivity index (χ1v) is 7.88. The van der Waals surface area contributed by atoms with E-state index in [-0.39, 0.29) is 11.8 Å². The van der Waals surface area contributed by atoms with Crippen molar-refractivity contribution in [3.8, 4) is 0 Å². The maximum Gasteiger partial charge on any atom is 0.255 e. The number of nitrogens with zero attached hydrogens (tertiary/aromatic N) is 1. The third-order valence-corrected chi connectivity index (χ3v) is 3.64. The lowest BCUT2D eigenvalue weighted by Gasteiger charge is -2.09. The van der Waals surface area contributed by atoms with Crippen molar-refractivity contribution in [3.63, 3.8) is 0 Å². The Hall–Kier alpha value is -3.18. The van der Waals surface area contributed by atoms with Gasteiger partial charge in [-0.2, -0.15) is 0 Å². The molecule has 0 aliphatic rings. The summed E-state index contributed by atoms with van der Waals surface area (Å²) in [5.41, 5.74) is 2.10. The molecule has 0 saturated carbocycles. The van der Waals surface area contributed by atoms with E-state index in [9.17, 15) is 9.59 Å². The molecule has 124 valence electrons. The van der Waals surface area contributed by atoms with Crippen molar-refractivity contribution >= 4 is 34.8 Å². The molecule has 0 saturated heterocycles. The van der Waals surface area contributed by atoms with Gasteiger partial charge in [0.2, 0.25) is 0 Å². The summed E-state index contributed by atoms with van der Waals surface area (Å²) < 4.78 is 0. The second kappa shape index (κ2) is 7.59. The smallest absolute Gasteiger partial charge is 0.255 e. The zero-order valence-corrected chi connectivity index (χ0v) is 13.8. The highest BCUT2D eigenvalue weighted by atomic mass is 35.5. The number of nitrogens with one attached hydrogen (secondary N) is 2. The molecule has 0 spiro atoms. The molecule has 0 bridgehead atoms. The fourth-order valence-electron chi connectivity index (χ4n) is 2.21. The van der Waals surface area contributed by atoms with Gasteiger partial charge in [-0.05, 0) is 48.5 Å². The van der Waals surface area contributed by atoms with Gasteiger partial charge in [0.05, 0.1) is 0 Å². The number of carbonyl (C=O) groups excluding carboxylic acids is 2. The highest BCUT2D eigenvalue weighted by molar-refractivity contribution is 6.31. The number of anilines is 2. The number of pyridine rings is 1. The van der Waals surface area contributed by atoms with Gasteiger partial charge < -0.3 is 10.6 Å². The quantitative estimate of drug-likeness (QED) is 0.738.